The lowest BCUT2D eigenvalue weighted by Crippen LogP contribution is -2.63. The van der Waals surface area contributed by atoms with E-state index >= 15 is 0 Å². The van der Waals surface area contributed by atoms with Crippen LogP contribution < -0.4 is 0 Å². The molecule has 1 aliphatic heterocycles. The maximum atomic E-state index is 12.7. The van der Waals surface area contributed by atoms with Gasteiger partial charge in [-0.05, 0) is 13.3 Å². The summed E-state index contributed by atoms with van der Waals surface area (Å²) in [7, 11) is 0. The van der Waals surface area contributed by atoms with Gasteiger partial charge >= 0.3 is 12.4 Å². The molecule has 0 aromatic carbocycles. The Kier molecular flexibility index (Phi) is 2.78. The molecule has 1 rings (SSSR count). The summed E-state index contributed by atoms with van der Waals surface area (Å²) in [6.45, 7) is 3.07. The Bertz CT molecular complexity index is 263. The van der Waals surface area contributed by atoms with Gasteiger partial charge < -0.3 is 4.74 Å². The van der Waals surface area contributed by atoms with Crippen LogP contribution in [0.5, 0.6) is 0 Å². The smallest absolute Gasteiger partial charge is 0.355 e. The standard InChI is InChI=1S/C9H12F6O/c1-5-4-6(2,3)7(16-5,8(10,11)12)9(13,14)15/h5H,4H2,1-3H3. The highest BCUT2D eigenvalue weighted by molar-refractivity contribution is 5.10. The molecule has 0 aromatic heterocycles. The molecule has 16 heavy (non-hydrogen) atoms. The molecule has 7 heteroatoms. The van der Waals surface area contributed by atoms with E-state index in [4.69, 9.17) is 0 Å². The Hall–Kier alpha value is -0.460. The molecule has 1 unspecified atom stereocenters. The van der Waals surface area contributed by atoms with Gasteiger partial charge in [0.25, 0.3) is 5.60 Å². The molecule has 0 spiro atoms. The van der Waals surface area contributed by atoms with E-state index in [-0.39, 0.29) is 6.42 Å². The van der Waals surface area contributed by atoms with Crippen molar-refractivity contribution in [2.24, 2.45) is 5.41 Å². The van der Waals surface area contributed by atoms with Crippen molar-refractivity contribution in [1.29, 1.82) is 0 Å². The fourth-order valence-electron chi connectivity index (χ4n) is 2.43. The van der Waals surface area contributed by atoms with Gasteiger partial charge in [0.05, 0.1) is 6.10 Å². The SMILES string of the molecule is CC1CC(C)(C)C(C(F)(F)F)(C(F)(F)F)O1. The van der Waals surface area contributed by atoms with Crippen molar-refractivity contribution in [2.45, 2.75) is 51.2 Å². The lowest BCUT2D eigenvalue weighted by Gasteiger charge is -2.42. The van der Waals surface area contributed by atoms with Crippen molar-refractivity contribution in [1.82, 2.24) is 0 Å². The average Bonchev–Trinajstić information content (AvgIpc) is 2.16. The van der Waals surface area contributed by atoms with Gasteiger partial charge in [-0.1, -0.05) is 13.8 Å². The summed E-state index contributed by atoms with van der Waals surface area (Å²) >= 11 is 0. The first-order valence-corrected chi connectivity index (χ1v) is 4.66. The van der Waals surface area contributed by atoms with E-state index in [1.807, 2.05) is 0 Å². The quantitative estimate of drug-likeness (QED) is 0.596. The topological polar surface area (TPSA) is 9.23 Å². The van der Waals surface area contributed by atoms with Gasteiger partial charge in [0.15, 0.2) is 0 Å². The van der Waals surface area contributed by atoms with E-state index < -0.39 is 29.5 Å². The van der Waals surface area contributed by atoms with Crippen LogP contribution in [0.1, 0.15) is 27.2 Å². The summed E-state index contributed by atoms with van der Waals surface area (Å²) in [6.07, 6.45) is -12.3. The van der Waals surface area contributed by atoms with Gasteiger partial charge in [-0.3, -0.25) is 0 Å². The molecule has 1 aliphatic rings. The third kappa shape index (κ3) is 1.59. The molecule has 0 aliphatic carbocycles. The van der Waals surface area contributed by atoms with Gasteiger partial charge in [0.2, 0.25) is 0 Å². The number of alkyl halides is 6. The van der Waals surface area contributed by atoms with Crippen LogP contribution >= 0.6 is 0 Å². The predicted molar refractivity (Wildman–Crippen MR) is 43.8 cm³/mol. The lowest BCUT2D eigenvalue weighted by molar-refractivity contribution is -0.396. The summed E-state index contributed by atoms with van der Waals surface area (Å²) in [4.78, 5) is 0. The summed E-state index contributed by atoms with van der Waals surface area (Å²) in [6, 6.07) is 0. The minimum Gasteiger partial charge on any atom is -0.355 e. The van der Waals surface area contributed by atoms with Gasteiger partial charge in [-0.2, -0.15) is 26.3 Å². The normalized spacial score (nSPS) is 29.4. The highest BCUT2D eigenvalue weighted by Crippen LogP contribution is 2.61. The fourth-order valence-corrected chi connectivity index (χ4v) is 2.43. The van der Waals surface area contributed by atoms with E-state index in [0.29, 0.717) is 0 Å². The molecule has 1 fully saturated rings. The molecule has 0 radical (unpaired) electrons. The third-order valence-corrected chi connectivity index (χ3v) is 2.93. The molecule has 0 saturated carbocycles. The zero-order chi connectivity index (χ0) is 13.0. The van der Waals surface area contributed by atoms with Crippen molar-refractivity contribution < 1.29 is 31.1 Å². The molecular formula is C9H12F6O. The van der Waals surface area contributed by atoms with Crippen LogP contribution in [0.25, 0.3) is 0 Å². The fraction of sp³-hybridized carbons (Fsp3) is 1.00. The first-order valence-electron chi connectivity index (χ1n) is 4.66. The molecule has 0 bridgehead atoms. The van der Waals surface area contributed by atoms with Gasteiger partial charge in [-0.15, -0.1) is 0 Å². The molecule has 1 nitrogen and oxygen atoms in total. The Morgan fingerprint density at radius 2 is 1.38 bits per heavy atom. The Morgan fingerprint density at radius 3 is 1.50 bits per heavy atom. The molecule has 0 amide bonds. The molecular weight excluding hydrogens is 238 g/mol. The van der Waals surface area contributed by atoms with Crippen LogP contribution in [0, 0.1) is 5.41 Å². The van der Waals surface area contributed by atoms with Crippen LogP contribution in [0.15, 0.2) is 0 Å². The largest absolute Gasteiger partial charge is 0.427 e. The van der Waals surface area contributed by atoms with Crippen LogP contribution in [0.2, 0.25) is 0 Å². The maximum Gasteiger partial charge on any atom is 0.427 e. The third-order valence-electron chi connectivity index (χ3n) is 2.93. The van der Waals surface area contributed by atoms with E-state index in [9.17, 15) is 26.3 Å². The highest BCUT2D eigenvalue weighted by atomic mass is 19.4. The summed E-state index contributed by atoms with van der Waals surface area (Å²) in [5.41, 5.74) is -6.09. The van der Waals surface area contributed by atoms with Gasteiger partial charge in [0.1, 0.15) is 0 Å². The zero-order valence-electron chi connectivity index (χ0n) is 8.96. The molecule has 1 saturated heterocycles. The monoisotopic (exact) mass is 250 g/mol. The molecule has 1 atom stereocenters. The number of halogens is 6. The second-order valence-electron chi connectivity index (χ2n) is 4.69. The minimum atomic E-state index is -5.47. The second-order valence-corrected chi connectivity index (χ2v) is 4.69. The van der Waals surface area contributed by atoms with Crippen LogP contribution in [-0.4, -0.2) is 24.1 Å². The Labute approximate surface area is 88.8 Å². The summed E-state index contributed by atoms with van der Waals surface area (Å²) in [5.74, 6) is 0. The number of rotatable bonds is 0. The molecule has 0 N–H and O–H groups in total. The molecule has 0 aromatic rings. The Balaban J connectivity index is 3.38. The molecule has 1 heterocycles. The molecule has 96 valence electrons. The summed E-state index contributed by atoms with van der Waals surface area (Å²) < 4.78 is 80.7. The average molecular weight is 250 g/mol. The first-order chi connectivity index (χ1) is 6.85. The Morgan fingerprint density at radius 1 is 1.00 bits per heavy atom. The van der Waals surface area contributed by atoms with E-state index in [0.717, 1.165) is 13.8 Å². The van der Waals surface area contributed by atoms with E-state index in [2.05, 4.69) is 4.74 Å². The summed E-state index contributed by atoms with van der Waals surface area (Å²) in [5, 5.41) is 0. The van der Waals surface area contributed by atoms with Crippen molar-refractivity contribution in [2.75, 3.05) is 0 Å². The van der Waals surface area contributed by atoms with Gasteiger partial charge in [0, 0.05) is 5.41 Å². The predicted octanol–water partition coefficient (Wildman–Crippen LogP) is 3.68. The van der Waals surface area contributed by atoms with Gasteiger partial charge in [-0.25, -0.2) is 0 Å². The zero-order valence-corrected chi connectivity index (χ0v) is 8.96. The van der Waals surface area contributed by atoms with Crippen LogP contribution in [0.4, 0.5) is 26.3 Å². The second kappa shape index (κ2) is 3.27. The number of ether oxygens (including phenoxy) is 1. The number of hydrogen-bond donors (Lipinski definition) is 0. The first kappa shape index (κ1) is 13.6. The lowest BCUT2D eigenvalue weighted by atomic mass is 9.73. The maximum absolute atomic E-state index is 12.7. The minimum absolute atomic E-state index is 0.286. The highest BCUT2D eigenvalue weighted by Gasteiger charge is 2.81. The van der Waals surface area contributed by atoms with Crippen molar-refractivity contribution >= 4 is 0 Å². The van der Waals surface area contributed by atoms with Crippen LogP contribution in [-0.2, 0) is 4.74 Å². The van der Waals surface area contributed by atoms with Crippen molar-refractivity contribution in [3.05, 3.63) is 0 Å². The van der Waals surface area contributed by atoms with E-state index in [1.165, 1.54) is 6.92 Å². The van der Waals surface area contributed by atoms with E-state index in [1.54, 1.807) is 0 Å². The van der Waals surface area contributed by atoms with Crippen molar-refractivity contribution in [3.8, 4) is 0 Å². The van der Waals surface area contributed by atoms with Crippen LogP contribution in [0.3, 0.4) is 0 Å². The number of hydrogen-bond acceptors (Lipinski definition) is 1. The van der Waals surface area contributed by atoms with Crippen molar-refractivity contribution in [3.63, 3.8) is 0 Å².